The van der Waals surface area contributed by atoms with Crippen molar-refractivity contribution >= 4 is 11.6 Å². The topological polar surface area (TPSA) is 33.0 Å². The Hall–Kier alpha value is -1.20. The Labute approximate surface area is 89.1 Å². The van der Waals surface area contributed by atoms with Crippen LogP contribution in [0.1, 0.15) is 25.8 Å². The van der Waals surface area contributed by atoms with Gasteiger partial charge in [-0.25, -0.2) is 0 Å². The standard InChI is InChI=1S/C11H12ClNO/c1-3-8(2)14-11-6-4-5-10(12)9(11)7-13/h4-6,8H,3H2,1-2H3. The number of benzene rings is 1. The molecule has 0 aromatic heterocycles. The number of hydrogen-bond donors (Lipinski definition) is 0. The third-order valence-electron chi connectivity index (χ3n) is 1.99. The summed E-state index contributed by atoms with van der Waals surface area (Å²) in [5, 5.41) is 9.31. The Bertz CT molecular complexity index is 357. The maximum atomic E-state index is 8.87. The average molecular weight is 210 g/mol. The van der Waals surface area contributed by atoms with Crippen LogP contribution in [0, 0.1) is 11.3 Å². The molecule has 1 unspecified atom stereocenters. The first kappa shape index (κ1) is 10.9. The maximum Gasteiger partial charge on any atom is 0.138 e. The van der Waals surface area contributed by atoms with Gasteiger partial charge in [-0.3, -0.25) is 0 Å². The zero-order chi connectivity index (χ0) is 10.6. The SMILES string of the molecule is CCC(C)Oc1cccc(Cl)c1C#N. The lowest BCUT2D eigenvalue weighted by Crippen LogP contribution is -2.10. The summed E-state index contributed by atoms with van der Waals surface area (Å²) in [6.07, 6.45) is 0.998. The van der Waals surface area contributed by atoms with Crippen LogP contribution in [-0.2, 0) is 0 Å². The smallest absolute Gasteiger partial charge is 0.138 e. The molecule has 0 aliphatic rings. The molecule has 0 amide bonds. The number of rotatable bonds is 3. The van der Waals surface area contributed by atoms with E-state index in [4.69, 9.17) is 21.6 Å². The monoisotopic (exact) mass is 209 g/mol. The third-order valence-corrected chi connectivity index (χ3v) is 2.31. The van der Waals surface area contributed by atoms with Crippen molar-refractivity contribution in [2.24, 2.45) is 0 Å². The highest BCUT2D eigenvalue weighted by Gasteiger charge is 2.09. The van der Waals surface area contributed by atoms with Crippen molar-refractivity contribution in [2.75, 3.05) is 0 Å². The fourth-order valence-electron chi connectivity index (χ4n) is 1.01. The van der Waals surface area contributed by atoms with E-state index in [2.05, 4.69) is 0 Å². The number of ether oxygens (including phenoxy) is 1. The highest BCUT2D eigenvalue weighted by molar-refractivity contribution is 6.31. The fourth-order valence-corrected chi connectivity index (χ4v) is 1.22. The number of hydrogen-bond acceptors (Lipinski definition) is 2. The maximum absolute atomic E-state index is 8.87. The van der Waals surface area contributed by atoms with Crippen molar-refractivity contribution in [1.82, 2.24) is 0 Å². The van der Waals surface area contributed by atoms with Gasteiger partial charge in [0.15, 0.2) is 0 Å². The van der Waals surface area contributed by atoms with E-state index in [1.165, 1.54) is 0 Å². The second-order valence-electron chi connectivity index (χ2n) is 3.06. The molecule has 74 valence electrons. The fraction of sp³-hybridized carbons (Fsp3) is 0.364. The van der Waals surface area contributed by atoms with Gasteiger partial charge < -0.3 is 4.74 Å². The zero-order valence-corrected chi connectivity index (χ0v) is 9.01. The van der Waals surface area contributed by atoms with Gasteiger partial charge in [0.25, 0.3) is 0 Å². The average Bonchev–Trinajstić information content (AvgIpc) is 2.18. The van der Waals surface area contributed by atoms with Crippen LogP contribution < -0.4 is 4.74 Å². The summed E-state index contributed by atoms with van der Waals surface area (Å²) >= 11 is 5.85. The van der Waals surface area contributed by atoms with Crippen LogP contribution in [0.15, 0.2) is 18.2 Å². The number of nitrogens with zero attached hydrogens (tertiary/aromatic N) is 1. The highest BCUT2D eigenvalue weighted by Crippen LogP contribution is 2.26. The first-order chi connectivity index (χ1) is 6.69. The van der Waals surface area contributed by atoms with Crippen molar-refractivity contribution in [3.05, 3.63) is 28.8 Å². The van der Waals surface area contributed by atoms with Crippen LogP contribution in [0.2, 0.25) is 5.02 Å². The highest BCUT2D eigenvalue weighted by atomic mass is 35.5. The molecule has 3 heteroatoms. The molecule has 1 atom stereocenters. The van der Waals surface area contributed by atoms with E-state index in [-0.39, 0.29) is 6.10 Å². The van der Waals surface area contributed by atoms with Gasteiger partial charge in [0, 0.05) is 0 Å². The zero-order valence-electron chi connectivity index (χ0n) is 8.25. The lowest BCUT2D eigenvalue weighted by atomic mass is 10.2. The Balaban J connectivity index is 2.98. The van der Waals surface area contributed by atoms with Gasteiger partial charge in [0.1, 0.15) is 17.4 Å². The van der Waals surface area contributed by atoms with Crippen LogP contribution in [0.4, 0.5) is 0 Å². The van der Waals surface area contributed by atoms with Gasteiger partial charge in [-0.2, -0.15) is 5.26 Å². The molecule has 0 spiro atoms. The van der Waals surface area contributed by atoms with Crippen LogP contribution >= 0.6 is 11.6 Å². The largest absolute Gasteiger partial charge is 0.489 e. The molecule has 0 radical (unpaired) electrons. The summed E-state index contributed by atoms with van der Waals surface area (Å²) in [6, 6.07) is 7.26. The van der Waals surface area contributed by atoms with Gasteiger partial charge >= 0.3 is 0 Å². The van der Waals surface area contributed by atoms with Gasteiger partial charge in [-0.05, 0) is 25.5 Å². The van der Waals surface area contributed by atoms with Crippen molar-refractivity contribution in [3.63, 3.8) is 0 Å². The van der Waals surface area contributed by atoms with Crippen LogP contribution in [0.3, 0.4) is 0 Å². The molecule has 14 heavy (non-hydrogen) atoms. The summed E-state index contributed by atoms with van der Waals surface area (Å²) in [5.74, 6) is 0.564. The molecule has 1 rings (SSSR count). The predicted octanol–water partition coefficient (Wildman–Crippen LogP) is 3.39. The first-order valence-corrected chi connectivity index (χ1v) is 4.92. The van der Waals surface area contributed by atoms with Crippen LogP contribution in [0.25, 0.3) is 0 Å². The lowest BCUT2D eigenvalue weighted by molar-refractivity contribution is 0.217. The van der Waals surface area contributed by atoms with Gasteiger partial charge in [-0.1, -0.05) is 24.6 Å². The number of halogens is 1. The minimum atomic E-state index is 0.0977. The molecular weight excluding hydrogens is 198 g/mol. The van der Waals surface area contributed by atoms with E-state index in [0.29, 0.717) is 16.3 Å². The Morgan fingerprint density at radius 2 is 2.29 bits per heavy atom. The molecule has 0 heterocycles. The minimum absolute atomic E-state index is 0.0977. The molecule has 0 aliphatic carbocycles. The van der Waals surface area contributed by atoms with E-state index < -0.39 is 0 Å². The van der Waals surface area contributed by atoms with Crippen molar-refractivity contribution in [3.8, 4) is 11.8 Å². The van der Waals surface area contributed by atoms with E-state index in [9.17, 15) is 0 Å². The third kappa shape index (κ3) is 2.40. The summed E-state index contributed by atoms with van der Waals surface area (Å²) in [4.78, 5) is 0. The van der Waals surface area contributed by atoms with Crippen LogP contribution in [0.5, 0.6) is 5.75 Å². The molecule has 0 fully saturated rings. The van der Waals surface area contributed by atoms with Crippen molar-refractivity contribution < 1.29 is 4.74 Å². The summed E-state index contributed by atoms with van der Waals surface area (Å²) in [6.45, 7) is 3.99. The van der Waals surface area contributed by atoms with Gasteiger partial charge in [-0.15, -0.1) is 0 Å². The normalized spacial score (nSPS) is 11.9. The summed E-state index contributed by atoms with van der Waals surface area (Å²) < 4.78 is 5.56. The quantitative estimate of drug-likeness (QED) is 0.765. The molecule has 2 nitrogen and oxygen atoms in total. The Morgan fingerprint density at radius 1 is 1.57 bits per heavy atom. The number of nitriles is 1. The van der Waals surface area contributed by atoms with E-state index in [1.54, 1.807) is 18.2 Å². The molecule has 0 aliphatic heterocycles. The lowest BCUT2D eigenvalue weighted by Gasteiger charge is -2.13. The molecule has 0 saturated carbocycles. The van der Waals surface area contributed by atoms with E-state index in [0.717, 1.165) is 6.42 Å². The summed E-state index contributed by atoms with van der Waals surface area (Å²) in [7, 11) is 0. The van der Waals surface area contributed by atoms with E-state index >= 15 is 0 Å². The van der Waals surface area contributed by atoms with Crippen molar-refractivity contribution in [2.45, 2.75) is 26.4 Å². The summed E-state index contributed by atoms with van der Waals surface area (Å²) in [5.41, 5.74) is 0.412. The molecule has 0 saturated heterocycles. The molecule has 1 aromatic rings. The Kier molecular flexibility index (Phi) is 3.79. The predicted molar refractivity (Wildman–Crippen MR) is 56.5 cm³/mol. The van der Waals surface area contributed by atoms with E-state index in [1.807, 2.05) is 19.9 Å². The molecule has 0 bridgehead atoms. The first-order valence-electron chi connectivity index (χ1n) is 4.54. The molecule has 0 N–H and O–H groups in total. The minimum Gasteiger partial charge on any atom is -0.489 e. The molecular formula is C11H12ClNO. The van der Waals surface area contributed by atoms with Crippen molar-refractivity contribution in [1.29, 1.82) is 5.26 Å². The van der Waals surface area contributed by atoms with Crippen LogP contribution in [-0.4, -0.2) is 6.10 Å². The second kappa shape index (κ2) is 4.88. The second-order valence-corrected chi connectivity index (χ2v) is 3.47. The van der Waals surface area contributed by atoms with Gasteiger partial charge in [0.05, 0.1) is 11.1 Å². The molecule has 1 aromatic carbocycles. The Morgan fingerprint density at radius 3 is 2.86 bits per heavy atom. The van der Waals surface area contributed by atoms with Gasteiger partial charge in [0.2, 0.25) is 0 Å².